The predicted octanol–water partition coefficient (Wildman–Crippen LogP) is 0.898. The molecule has 1 unspecified atom stereocenters. The van der Waals surface area contributed by atoms with E-state index >= 15 is 0 Å². The van der Waals surface area contributed by atoms with Gasteiger partial charge >= 0.3 is 6.09 Å². The maximum atomic E-state index is 10.9. The fourth-order valence-electron chi connectivity index (χ4n) is 1.29. The quantitative estimate of drug-likeness (QED) is 0.641. The molecule has 0 heterocycles. The highest BCUT2D eigenvalue weighted by Gasteiger charge is 2.25. The van der Waals surface area contributed by atoms with Gasteiger partial charge in [0, 0.05) is 12.1 Å². The fraction of sp³-hybridized carbons (Fsp3) is 0.900. The summed E-state index contributed by atoms with van der Waals surface area (Å²) in [5, 5.41) is 26.6. The number of hydrogen-bond acceptors (Lipinski definition) is 3. The SMILES string of the molecule is CC(C)(C)N(CCCC(O)CO)C(=O)O. The Morgan fingerprint density at radius 1 is 1.40 bits per heavy atom. The minimum absolute atomic E-state index is 0.275. The average molecular weight is 219 g/mol. The number of aliphatic hydroxyl groups excluding tert-OH is 2. The average Bonchev–Trinajstić information content (AvgIpc) is 2.09. The van der Waals surface area contributed by atoms with Crippen LogP contribution in [-0.2, 0) is 0 Å². The van der Waals surface area contributed by atoms with Crippen molar-refractivity contribution in [1.29, 1.82) is 0 Å². The van der Waals surface area contributed by atoms with Crippen molar-refractivity contribution in [3.63, 3.8) is 0 Å². The lowest BCUT2D eigenvalue weighted by Gasteiger charge is -2.33. The summed E-state index contributed by atoms with van der Waals surface area (Å²) in [5.41, 5.74) is -0.435. The lowest BCUT2D eigenvalue weighted by Crippen LogP contribution is -2.45. The number of amides is 1. The summed E-state index contributed by atoms with van der Waals surface area (Å²) in [5.74, 6) is 0. The zero-order chi connectivity index (χ0) is 12.1. The van der Waals surface area contributed by atoms with Gasteiger partial charge in [0.2, 0.25) is 0 Å². The molecule has 1 atom stereocenters. The first-order valence-electron chi connectivity index (χ1n) is 5.08. The standard InChI is InChI=1S/C10H21NO4/c1-10(2,3)11(9(14)15)6-4-5-8(13)7-12/h8,12-13H,4-7H2,1-3H3,(H,14,15). The van der Waals surface area contributed by atoms with Crippen LogP contribution in [0, 0.1) is 0 Å². The normalized spacial score (nSPS) is 13.7. The molecule has 15 heavy (non-hydrogen) atoms. The van der Waals surface area contributed by atoms with E-state index in [2.05, 4.69) is 0 Å². The first kappa shape index (κ1) is 14.2. The maximum Gasteiger partial charge on any atom is 0.407 e. The third kappa shape index (κ3) is 5.59. The van der Waals surface area contributed by atoms with Gasteiger partial charge in [-0.3, -0.25) is 0 Å². The van der Waals surface area contributed by atoms with Gasteiger partial charge in [-0.25, -0.2) is 4.79 Å². The third-order valence-corrected chi connectivity index (χ3v) is 2.17. The first-order valence-corrected chi connectivity index (χ1v) is 5.08. The molecule has 0 aromatic heterocycles. The molecular formula is C10H21NO4. The van der Waals surface area contributed by atoms with E-state index in [1.165, 1.54) is 4.90 Å². The lowest BCUT2D eigenvalue weighted by molar-refractivity contribution is 0.0726. The molecule has 0 saturated carbocycles. The minimum atomic E-state index is -0.957. The molecule has 0 radical (unpaired) electrons. The number of carbonyl (C=O) groups is 1. The Bertz CT molecular complexity index is 200. The molecule has 90 valence electrons. The number of rotatable bonds is 5. The summed E-state index contributed by atoms with van der Waals surface area (Å²) in [6.45, 7) is 5.56. The van der Waals surface area contributed by atoms with Gasteiger partial charge in [0.25, 0.3) is 0 Å². The lowest BCUT2D eigenvalue weighted by atomic mass is 10.1. The van der Waals surface area contributed by atoms with E-state index in [4.69, 9.17) is 15.3 Å². The minimum Gasteiger partial charge on any atom is -0.465 e. The summed E-state index contributed by atoms with van der Waals surface area (Å²) >= 11 is 0. The molecular weight excluding hydrogens is 198 g/mol. The predicted molar refractivity (Wildman–Crippen MR) is 56.8 cm³/mol. The van der Waals surface area contributed by atoms with Gasteiger partial charge in [0.1, 0.15) is 0 Å². The van der Waals surface area contributed by atoms with Crippen LogP contribution in [-0.4, -0.2) is 51.1 Å². The monoisotopic (exact) mass is 219 g/mol. The van der Waals surface area contributed by atoms with Crippen LogP contribution in [0.15, 0.2) is 0 Å². The molecule has 0 aliphatic heterocycles. The number of nitrogens with zero attached hydrogens (tertiary/aromatic N) is 1. The fourth-order valence-corrected chi connectivity index (χ4v) is 1.29. The summed E-state index contributed by atoms with van der Waals surface area (Å²) < 4.78 is 0. The van der Waals surface area contributed by atoms with Crippen LogP contribution >= 0.6 is 0 Å². The molecule has 0 aliphatic carbocycles. The van der Waals surface area contributed by atoms with Gasteiger partial charge in [0.15, 0.2) is 0 Å². The third-order valence-electron chi connectivity index (χ3n) is 2.17. The summed E-state index contributed by atoms with van der Waals surface area (Å²) in [6.07, 6.45) is -0.747. The van der Waals surface area contributed by atoms with E-state index in [1.54, 1.807) is 0 Å². The second-order valence-corrected chi connectivity index (χ2v) is 4.58. The first-order chi connectivity index (χ1) is 6.79. The van der Waals surface area contributed by atoms with Crippen LogP contribution < -0.4 is 0 Å². The summed E-state index contributed by atoms with van der Waals surface area (Å²) in [4.78, 5) is 12.2. The maximum absolute atomic E-state index is 10.9. The number of carboxylic acid groups (broad SMARTS) is 1. The van der Waals surface area contributed by atoms with Gasteiger partial charge in [0.05, 0.1) is 12.7 Å². The van der Waals surface area contributed by atoms with Gasteiger partial charge in [-0.1, -0.05) is 0 Å². The molecule has 0 aromatic rings. The molecule has 5 nitrogen and oxygen atoms in total. The number of hydrogen-bond donors (Lipinski definition) is 3. The molecule has 0 saturated heterocycles. The van der Waals surface area contributed by atoms with Crippen molar-refractivity contribution in [3.8, 4) is 0 Å². The van der Waals surface area contributed by atoms with Crippen molar-refractivity contribution in [1.82, 2.24) is 4.90 Å². The van der Waals surface area contributed by atoms with Crippen molar-refractivity contribution in [2.75, 3.05) is 13.2 Å². The molecule has 0 rings (SSSR count). The summed E-state index contributed by atoms with van der Waals surface area (Å²) in [6, 6.07) is 0. The Labute approximate surface area is 90.3 Å². The van der Waals surface area contributed by atoms with E-state index < -0.39 is 17.7 Å². The molecule has 5 heteroatoms. The molecule has 0 bridgehead atoms. The molecule has 3 N–H and O–H groups in total. The van der Waals surface area contributed by atoms with Crippen molar-refractivity contribution in [2.24, 2.45) is 0 Å². The largest absolute Gasteiger partial charge is 0.465 e. The Morgan fingerprint density at radius 2 is 1.93 bits per heavy atom. The van der Waals surface area contributed by atoms with Gasteiger partial charge in [-0.2, -0.15) is 0 Å². The van der Waals surface area contributed by atoms with Crippen LogP contribution in [0.3, 0.4) is 0 Å². The van der Waals surface area contributed by atoms with Crippen molar-refractivity contribution >= 4 is 6.09 Å². The van der Waals surface area contributed by atoms with E-state index in [9.17, 15) is 4.79 Å². The Morgan fingerprint density at radius 3 is 2.27 bits per heavy atom. The van der Waals surface area contributed by atoms with Gasteiger partial charge < -0.3 is 20.2 Å². The Balaban J connectivity index is 4.05. The van der Waals surface area contributed by atoms with Crippen LogP contribution in [0.2, 0.25) is 0 Å². The van der Waals surface area contributed by atoms with Crippen LogP contribution in [0.1, 0.15) is 33.6 Å². The van der Waals surface area contributed by atoms with E-state index in [0.717, 1.165) is 0 Å². The van der Waals surface area contributed by atoms with E-state index in [1.807, 2.05) is 20.8 Å². The molecule has 0 fully saturated rings. The van der Waals surface area contributed by atoms with Crippen molar-refractivity contribution in [3.05, 3.63) is 0 Å². The summed E-state index contributed by atoms with van der Waals surface area (Å²) in [7, 11) is 0. The van der Waals surface area contributed by atoms with Crippen molar-refractivity contribution < 1.29 is 20.1 Å². The highest BCUT2D eigenvalue weighted by Crippen LogP contribution is 2.14. The van der Waals surface area contributed by atoms with Gasteiger partial charge in [-0.05, 0) is 33.6 Å². The zero-order valence-corrected chi connectivity index (χ0v) is 9.60. The molecule has 0 spiro atoms. The topological polar surface area (TPSA) is 81.0 Å². The molecule has 0 aromatic carbocycles. The highest BCUT2D eigenvalue weighted by atomic mass is 16.4. The van der Waals surface area contributed by atoms with Gasteiger partial charge in [-0.15, -0.1) is 0 Å². The Hall–Kier alpha value is -0.810. The van der Waals surface area contributed by atoms with Crippen molar-refractivity contribution in [2.45, 2.75) is 45.3 Å². The second kappa shape index (κ2) is 5.92. The molecule has 0 aliphatic rings. The zero-order valence-electron chi connectivity index (χ0n) is 9.60. The van der Waals surface area contributed by atoms with Crippen LogP contribution in [0.5, 0.6) is 0 Å². The number of aliphatic hydroxyl groups is 2. The van der Waals surface area contributed by atoms with Crippen LogP contribution in [0.25, 0.3) is 0 Å². The highest BCUT2D eigenvalue weighted by molar-refractivity contribution is 5.65. The molecule has 1 amide bonds. The second-order valence-electron chi connectivity index (χ2n) is 4.58. The Kier molecular flexibility index (Phi) is 5.60. The van der Waals surface area contributed by atoms with E-state index in [-0.39, 0.29) is 6.61 Å². The smallest absolute Gasteiger partial charge is 0.407 e. The van der Waals surface area contributed by atoms with E-state index in [0.29, 0.717) is 19.4 Å². The van der Waals surface area contributed by atoms with Crippen LogP contribution in [0.4, 0.5) is 4.79 Å².